The minimum absolute atomic E-state index is 0.600. The third-order valence-electron chi connectivity index (χ3n) is 0.954. The highest BCUT2D eigenvalue weighted by Crippen LogP contribution is 1.88. The van der Waals surface area contributed by atoms with Gasteiger partial charge in [-0.25, -0.2) is 9.97 Å². The third kappa shape index (κ3) is 1.60. The van der Waals surface area contributed by atoms with Crippen LogP contribution in [-0.4, -0.2) is 16.2 Å². The zero-order valence-corrected chi connectivity index (χ0v) is 4.91. The van der Waals surface area contributed by atoms with Gasteiger partial charge in [0, 0.05) is 24.5 Å². The number of nitrogens with one attached hydrogen (secondary N) is 1. The van der Waals surface area contributed by atoms with Crippen LogP contribution in [0.5, 0.6) is 0 Å². The smallest absolute Gasteiger partial charge is 0.115 e. The van der Waals surface area contributed by atoms with Crippen LogP contribution in [0.4, 0.5) is 0 Å². The van der Waals surface area contributed by atoms with Crippen molar-refractivity contribution in [2.24, 2.45) is 0 Å². The van der Waals surface area contributed by atoms with Crippen molar-refractivity contribution in [2.45, 2.75) is 6.42 Å². The van der Waals surface area contributed by atoms with Gasteiger partial charge in [0.15, 0.2) is 0 Å². The van der Waals surface area contributed by atoms with E-state index in [1.165, 1.54) is 12.5 Å². The molecule has 0 aromatic carbocycles. The Bertz CT molecular complexity index is 183. The summed E-state index contributed by atoms with van der Waals surface area (Å²) in [5.41, 5.74) is 0.889. The van der Waals surface area contributed by atoms with Gasteiger partial charge in [-0.3, -0.25) is 0 Å². The standard InChI is InChI=1S/C6H7N3/c7-3-1-6-2-4-8-5-9-6/h2-5,7H,1H2. The molecule has 0 radical (unpaired) electrons. The molecule has 1 heterocycles. The molecule has 0 aliphatic carbocycles. The lowest BCUT2D eigenvalue weighted by Gasteiger charge is -1.88. The van der Waals surface area contributed by atoms with Gasteiger partial charge in [0.1, 0.15) is 6.33 Å². The molecule has 9 heavy (non-hydrogen) atoms. The van der Waals surface area contributed by atoms with E-state index >= 15 is 0 Å². The monoisotopic (exact) mass is 121 g/mol. The topological polar surface area (TPSA) is 49.6 Å². The summed E-state index contributed by atoms with van der Waals surface area (Å²) in [6.45, 7) is 0. The maximum Gasteiger partial charge on any atom is 0.115 e. The molecule has 1 rings (SSSR count). The molecule has 0 fully saturated rings. The van der Waals surface area contributed by atoms with Crippen LogP contribution in [0.2, 0.25) is 0 Å². The van der Waals surface area contributed by atoms with Crippen LogP contribution >= 0.6 is 0 Å². The van der Waals surface area contributed by atoms with Crippen molar-refractivity contribution < 1.29 is 0 Å². The van der Waals surface area contributed by atoms with Gasteiger partial charge in [-0.1, -0.05) is 0 Å². The average Bonchev–Trinajstić information content (AvgIpc) is 1.91. The number of rotatable bonds is 2. The van der Waals surface area contributed by atoms with E-state index in [0.717, 1.165) is 5.69 Å². The Hall–Kier alpha value is -1.25. The number of nitrogens with zero attached hydrogens (tertiary/aromatic N) is 2. The van der Waals surface area contributed by atoms with Gasteiger partial charge < -0.3 is 5.41 Å². The van der Waals surface area contributed by atoms with E-state index < -0.39 is 0 Å². The first kappa shape index (κ1) is 5.88. The zero-order chi connectivity index (χ0) is 6.53. The zero-order valence-electron chi connectivity index (χ0n) is 4.91. The SMILES string of the molecule is N=CCc1ccncn1. The maximum absolute atomic E-state index is 6.75. The van der Waals surface area contributed by atoms with Gasteiger partial charge in [-0.15, -0.1) is 0 Å². The molecule has 0 saturated carbocycles. The number of hydrogen-bond donors (Lipinski definition) is 1. The molecule has 1 N–H and O–H groups in total. The summed E-state index contributed by atoms with van der Waals surface area (Å²) < 4.78 is 0. The van der Waals surface area contributed by atoms with E-state index in [1.54, 1.807) is 12.3 Å². The quantitative estimate of drug-likeness (QED) is 0.584. The van der Waals surface area contributed by atoms with Gasteiger partial charge in [0.2, 0.25) is 0 Å². The molecule has 0 aliphatic heterocycles. The molecule has 0 saturated heterocycles. The lowest BCUT2D eigenvalue weighted by molar-refractivity contribution is 1.07. The molecule has 0 aliphatic rings. The summed E-state index contributed by atoms with van der Waals surface area (Å²) in [5, 5.41) is 6.75. The molecule has 46 valence electrons. The Morgan fingerprint density at radius 1 is 1.67 bits per heavy atom. The van der Waals surface area contributed by atoms with E-state index in [1.807, 2.05) is 0 Å². The molecule has 3 nitrogen and oxygen atoms in total. The maximum atomic E-state index is 6.75. The summed E-state index contributed by atoms with van der Waals surface area (Å²) in [6, 6.07) is 1.80. The molecule has 0 spiro atoms. The summed E-state index contributed by atoms with van der Waals surface area (Å²) in [6.07, 6.45) is 5.08. The van der Waals surface area contributed by atoms with Gasteiger partial charge in [-0.05, 0) is 6.07 Å². The van der Waals surface area contributed by atoms with Crippen LogP contribution < -0.4 is 0 Å². The van der Waals surface area contributed by atoms with Crippen molar-refractivity contribution in [3.63, 3.8) is 0 Å². The van der Waals surface area contributed by atoms with E-state index in [2.05, 4.69) is 9.97 Å². The molecular weight excluding hydrogens is 114 g/mol. The molecular formula is C6H7N3. The van der Waals surface area contributed by atoms with Gasteiger partial charge >= 0.3 is 0 Å². The summed E-state index contributed by atoms with van der Waals surface area (Å²) in [4.78, 5) is 7.65. The molecule has 3 heteroatoms. The third-order valence-corrected chi connectivity index (χ3v) is 0.954. The summed E-state index contributed by atoms with van der Waals surface area (Å²) in [5.74, 6) is 0. The highest BCUT2D eigenvalue weighted by Gasteiger charge is 1.85. The van der Waals surface area contributed by atoms with E-state index in [0.29, 0.717) is 6.42 Å². The van der Waals surface area contributed by atoms with Crippen molar-refractivity contribution in [1.29, 1.82) is 5.41 Å². The highest BCUT2D eigenvalue weighted by atomic mass is 14.8. The Balaban J connectivity index is 2.72. The van der Waals surface area contributed by atoms with Crippen LogP contribution in [-0.2, 0) is 6.42 Å². The molecule has 0 atom stereocenters. The lowest BCUT2D eigenvalue weighted by atomic mass is 10.3. The first-order valence-corrected chi connectivity index (χ1v) is 2.67. The fraction of sp³-hybridized carbons (Fsp3) is 0.167. The molecule has 0 amide bonds. The predicted octanol–water partition coefficient (Wildman–Crippen LogP) is 0.669. The summed E-state index contributed by atoms with van der Waals surface area (Å²) >= 11 is 0. The molecule has 0 unspecified atom stereocenters. The Morgan fingerprint density at radius 2 is 2.56 bits per heavy atom. The second kappa shape index (κ2) is 2.91. The van der Waals surface area contributed by atoms with E-state index in [-0.39, 0.29) is 0 Å². The summed E-state index contributed by atoms with van der Waals surface area (Å²) in [7, 11) is 0. The molecule has 0 bridgehead atoms. The second-order valence-corrected chi connectivity index (χ2v) is 1.61. The fourth-order valence-electron chi connectivity index (χ4n) is 0.543. The van der Waals surface area contributed by atoms with Gasteiger partial charge in [0.05, 0.1) is 0 Å². The van der Waals surface area contributed by atoms with Crippen molar-refractivity contribution in [3.8, 4) is 0 Å². The minimum Gasteiger partial charge on any atom is -0.313 e. The van der Waals surface area contributed by atoms with Crippen LogP contribution in [0.15, 0.2) is 18.6 Å². The fourth-order valence-corrected chi connectivity index (χ4v) is 0.543. The predicted molar refractivity (Wildman–Crippen MR) is 34.5 cm³/mol. The van der Waals surface area contributed by atoms with Gasteiger partial charge in [-0.2, -0.15) is 0 Å². The van der Waals surface area contributed by atoms with Crippen molar-refractivity contribution >= 4 is 6.21 Å². The van der Waals surface area contributed by atoms with Crippen LogP contribution in [0.1, 0.15) is 5.69 Å². The van der Waals surface area contributed by atoms with Crippen molar-refractivity contribution in [1.82, 2.24) is 9.97 Å². The Kier molecular flexibility index (Phi) is 1.90. The second-order valence-electron chi connectivity index (χ2n) is 1.61. The lowest BCUT2D eigenvalue weighted by Crippen LogP contribution is -1.88. The average molecular weight is 121 g/mol. The Labute approximate surface area is 53.3 Å². The van der Waals surface area contributed by atoms with E-state index in [4.69, 9.17) is 5.41 Å². The van der Waals surface area contributed by atoms with Crippen molar-refractivity contribution in [2.75, 3.05) is 0 Å². The first-order valence-electron chi connectivity index (χ1n) is 2.67. The molecule has 1 aromatic rings. The van der Waals surface area contributed by atoms with E-state index in [9.17, 15) is 0 Å². The van der Waals surface area contributed by atoms with Crippen LogP contribution in [0.3, 0.4) is 0 Å². The first-order chi connectivity index (χ1) is 4.43. The number of aromatic nitrogens is 2. The van der Waals surface area contributed by atoms with Crippen LogP contribution in [0, 0.1) is 5.41 Å². The van der Waals surface area contributed by atoms with Crippen LogP contribution in [0.25, 0.3) is 0 Å². The normalized spacial score (nSPS) is 8.89. The largest absolute Gasteiger partial charge is 0.313 e. The minimum atomic E-state index is 0.600. The number of hydrogen-bond acceptors (Lipinski definition) is 3. The molecule has 1 aromatic heterocycles. The van der Waals surface area contributed by atoms with Crippen molar-refractivity contribution in [3.05, 3.63) is 24.3 Å². The van der Waals surface area contributed by atoms with Gasteiger partial charge in [0.25, 0.3) is 0 Å². The Morgan fingerprint density at radius 3 is 3.11 bits per heavy atom. The highest BCUT2D eigenvalue weighted by molar-refractivity contribution is 5.56.